The number of halogens is 1. The lowest BCUT2D eigenvalue weighted by atomic mass is 10.0. The molecule has 3 aromatic rings. The molecule has 0 heterocycles. The Morgan fingerprint density at radius 1 is 0.960 bits per heavy atom. The van der Waals surface area contributed by atoms with Gasteiger partial charge in [0.1, 0.15) is 5.75 Å². The lowest BCUT2D eigenvalue weighted by Crippen LogP contribution is -2.10. The molecule has 25 heavy (non-hydrogen) atoms. The molecule has 0 bridgehead atoms. The van der Waals surface area contributed by atoms with E-state index in [0.29, 0.717) is 11.3 Å². The average molecular weight is 334 g/mol. The molecule has 0 saturated heterocycles. The summed E-state index contributed by atoms with van der Waals surface area (Å²) in [6.45, 7) is 5.65. The van der Waals surface area contributed by atoms with Crippen molar-refractivity contribution in [2.45, 2.75) is 20.8 Å². The Labute approximate surface area is 146 Å². The SMILES string of the molecule is Cc1cc(C)c(OC(=O)/C(F)=C/c2cccc3ccccc23)c(C)c1. The topological polar surface area (TPSA) is 26.3 Å². The minimum absolute atomic E-state index is 0.414. The third kappa shape index (κ3) is 3.61. The van der Waals surface area contributed by atoms with Crippen LogP contribution in [0.15, 0.2) is 60.4 Å². The first-order valence-electron chi connectivity index (χ1n) is 8.10. The zero-order valence-corrected chi connectivity index (χ0v) is 14.5. The highest BCUT2D eigenvalue weighted by Gasteiger charge is 2.16. The van der Waals surface area contributed by atoms with E-state index in [9.17, 15) is 9.18 Å². The number of benzene rings is 3. The van der Waals surface area contributed by atoms with Crippen molar-refractivity contribution < 1.29 is 13.9 Å². The van der Waals surface area contributed by atoms with Crippen molar-refractivity contribution in [3.05, 3.63) is 82.7 Å². The molecule has 0 radical (unpaired) electrons. The molecule has 0 atom stereocenters. The second-order valence-electron chi connectivity index (χ2n) is 6.18. The number of ether oxygens (including phenoxy) is 1. The summed E-state index contributed by atoms with van der Waals surface area (Å²) in [7, 11) is 0. The van der Waals surface area contributed by atoms with Gasteiger partial charge in [0.25, 0.3) is 0 Å². The first-order valence-corrected chi connectivity index (χ1v) is 8.10. The number of hydrogen-bond donors (Lipinski definition) is 0. The monoisotopic (exact) mass is 334 g/mol. The van der Waals surface area contributed by atoms with Gasteiger partial charge in [-0.2, -0.15) is 4.39 Å². The Bertz CT molecular complexity index is 958. The molecular weight excluding hydrogens is 315 g/mol. The minimum Gasteiger partial charge on any atom is -0.421 e. The molecular formula is C22H19FO2. The normalized spacial score (nSPS) is 11.6. The molecule has 0 fully saturated rings. The molecule has 3 rings (SSSR count). The van der Waals surface area contributed by atoms with E-state index in [2.05, 4.69) is 0 Å². The molecule has 0 aromatic heterocycles. The zero-order chi connectivity index (χ0) is 18.0. The van der Waals surface area contributed by atoms with Crippen LogP contribution in [0.3, 0.4) is 0 Å². The van der Waals surface area contributed by atoms with E-state index in [1.165, 1.54) is 6.08 Å². The van der Waals surface area contributed by atoms with E-state index in [0.717, 1.165) is 27.5 Å². The lowest BCUT2D eigenvalue weighted by molar-refractivity contribution is -0.131. The largest absolute Gasteiger partial charge is 0.421 e. The summed E-state index contributed by atoms with van der Waals surface area (Å²) >= 11 is 0. The first kappa shape index (κ1) is 16.9. The number of fused-ring (bicyclic) bond motifs is 1. The van der Waals surface area contributed by atoms with Gasteiger partial charge in [-0.1, -0.05) is 60.2 Å². The van der Waals surface area contributed by atoms with Gasteiger partial charge in [0.15, 0.2) is 0 Å². The highest BCUT2D eigenvalue weighted by Crippen LogP contribution is 2.26. The molecule has 3 aromatic carbocycles. The van der Waals surface area contributed by atoms with E-state index >= 15 is 0 Å². The number of rotatable bonds is 3. The molecule has 2 nitrogen and oxygen atoms in total. The van der Waals surface area contributed by atoms with Crippen molar-refractivity contribution in [2.75, 3.05) is 0 Å². The van der Waals surface area contributed by atoms with Crippen LogP contribution in [-0.4, -0.2) is 5.97 Å². The maximum absolute atomic E-state index is 14.4. The highest BCUT2D eigenvalue weighted by molar-refractivity contribution is 5.97. The Morgan fingerprint density at radius 2 is 1.60 bits per heavy atom. The van der Waals surface area contributed by atoms with Gasteiger partial charge in [-0.25, -0.2) is 4.79 Å². The second-order valence-corrected chi connectivity index (χ2v) is 6.18. The number of esters is 1. The van der Waals surface area contributed by atoms with E-state index in [4.69, 9.17) is 4.74 Å². The quantitative estimate of drug-likeness (QED) is 0.350. The molecule has 0 N–H and O–H groups in total. The van der Waals surface area contributed by atoms with Crippen LogP contribution in [0.2, 0.25) is 0 Å². The second kappa shape index (κ2) is 6.89. The van der Waals surface area contributed by atoms with E-state index in [1.54, 1.807) is 6.07 Å². The van der Waals surface area contributed by atoms with Gasteiger partial charge in [0.05, 0.1) is 0 Å². The fraction of sp³-hybridized carbons (Fsp3) is 0.136. The van der Waals surface area contributed by atoms with Crippen molar-refractivity contribution in [2.24, 2.45) is 0 Å². The average Bonchev–Trinajstić information content (AvgIpc) is 2.58. The summed E-state index contributed by atoms with van der Waals surface area (Å²) in [4.78, 5) is 12.2. The molecule has 0 aliphatic carbocycles. The van der Waals surface area contributed by atoms with Crippen LogP contribution in [0.4, 0.5) is 4.39 Å². The van der Waals surface area contributed by atoms with Gasteiger partial charge >= 0.3 is 5.97 Å². The standard InChI is InChI=1S/C22H19FO2/c1-14-11-15(2)21(16(3)12-14)25-22(24)20(23)13-18-9-6-8-17-7-4-5-10-19(17)18/h4-13H,1-3H3/b20-13-. The van der Waals surface area contributed by atoms with Crippen LogP contribution < -0.4 is 4.74 Å². The van der Waals surface area contributed by atoms with Crippen LogP contribution in [-0.2, 0) is 4.79 Å². The van der Waals surface area contributed by atoms with Gasteiger partial charge in [-0.15, -0.1) is 0 Å². The van der Waals surface area contributed by atoms with E-state index < -0.39 is 11.8 Å². The molecule has 0 spiro atoms. The number of carbonyl (C=O) groups is 1. The van der Waals surface area contributed by atoms with Gasteiger partial charge in [-0.05, 0) is 54.3 Å². The Balaban J connectivity index is 1.91. The molecule has 3 heteroatoms. The highest BCUT2D eigenvalue weighted by atomic mass is 19.1. The van der Waals surface area contributed by atoms with Crippen LogP contribution >= 0.6 is 0 Å². The van der Waals surface area contributed by atoms with Crippen molar-refractivity contribution in [3.8, 4) is 5.75 Å². The van der Waals surface area contributed by atoms with Gasteiger partial charge in [-0.3, -0.25) is 0 Å². The van der Waals surface area contributed by atoms with Gasteiger partial charge in [0.2, 0.25) is 5.83 Å². The van der Waals surface area contributed by atoms with Crippen molar-refractivity contribution >= 4 is 22.8 Å². The summed E-state index contributed by atoms with van der Waals surface area (Å²) in [5.41, 5.74) is 3.33. The third-order valence-corrected chi connectivity index (χ3v) is 4.10. The van der Waals surface area contributed by atoms with Gasteiger partial charge in [0, 0.05) is 0 Å². The molecule has 126 valence electrons. The predicted octanol–water partition coefficient (Wildman–Crippen LogP) is 5.68. The van der Waals surface area contributed by atoms with Gasteiger partial charge < -0.3 is 4.74 Å². The van der Waals surface area contributed by atoms with Crippen molar-refractivity contribution in [1.29, 1.82) is 0 Å². The number of hydrogen-bond acceptors (Lipinski definition) is 2. The molecule has 0 saturated carbocycles. The maximum Gasteiger partial charge on any atom is 0.372 e. The van der Waals surface area contributed by atoms with Crippen LogP contribution in [0, 0.1) is 20.8 Å². The summed E-state index contributed by atoms with van der Waals surface area (Å²) in [5.74, 6) is -1.49. The Kier molecular flexibility index (Phi) is 4.66. The maximum atomic E-state index is 14.4. The molecule has 0 aliphatic rings. The summed E-state index contributed by atoms with van der Waals surface area (Å²) < 4.78 is 19.7. The first-order chi connectivity index (χ1) is 12.0. The Hall–Kier alpha value is -2.94. The molecule has 0 amide bonds. The van der Waals surface area contributed by atoms with Crippen LogP contribution in [0.5, 0.6) is 5.75 Å². The third-order valence-electron chi connectivity index (χ3n) is 4.10. The fourth-order valence-corrected chi connectivity index (χ4v) is 3.04. The van der Waals surface area contributed by atoms with Crippen LogP contribution in [0.25, 0.3) is 16.8 Å². The molecule has 0 aliphatic heterocycles. The predicted molar refractivity (Wildman–Crippen MR) is 99.3 cm³/mol. The van der Waals surface area contributed by atoms with Crippen LogP contribution in [0.1, 0.15) is 22.3 Å². The lowest BCUT2D eigenvalue weighted by Gasteiger charge is -2.11. The number of carbonyl (C=O) groups excluding carboxylic acids is 1. The summed E-state index contributed by atoms with van der Waals surface area (Å²) in [6.07, 6.45) is 1.23. The fourth-order valence-electron chi connectivity index (χ4n) is 3.04. The summed E-state index contributed by atoms with van der Waals surface area (Å²) in [5, 5.41) is 1.87. The minimum atomic E-state index is -0.983. The van der Waals surface area contributed by atoms with Crippen molar-refractivity contribution in [1.82, 2.24) is 0 Å². The smallest absolute Gasteiger partial charge is 0.372 e. The number of aryl methyl sites for hydroxylation is 3. The summed E-state index contributed by atoms with van der Waals surface area (Å²) in [6, 6.07) is 17.0. The Morgan fingerprint density at radius 3 is 2.32 bits per heavy atom. The van der Waals surface area contributed by atoms with Crippen molar-refractivity contribution in [3.63, 3.8) is 0 Å². The van der Waals surface area contributed by atoms with E-state index in [1.807, 2.05) is 69.3 Å². The zero-order valence-electron chi connectivity index (χ0n) is 14.5. The van der Waals surface area contributed by atoms with E-state index in [-0.39, 0.29) is 0 Å². The molecule has 0 unspecified atom stereocenters.